The monoisotopic (exact) mass is 269 g/mol. The highest BCUT2D eigenvalue weighted by Gasteiger charge is 2.34. The molecule has 0 aliphatic carbocycles. The average molecular weight is 270 g/mol. The first-order valence-electron chi connectivity index (χ1n) is 6.43. The standard InChI is InChI=1S/C14H20ClNO2/c1-4-16(5-2)13-11-7-10(15)6-9(3)14(11)18-8-12(13)17/h6-7,12-13,17H,4-5,8H2,1-3H3. The molecule has 0 saturated heterocycles. The highest BCUT2D eigenvalue weighted by molar-refractivity contribution is 6.30. The van der Waals surface area contributed by atoms with Crippen molar-refractivity contribution in [2.24, 2.45) is 0 Å². The lowest BCUT2D eigenvalue weighted by atomic mass is 9.94. The second-order valence-corrected chi connectivity index (χ2v) is 5.12. The van der Waals surface area contributed by atoms with E-state index in [-0.39, 0.29) is 6.04 Å². The lowest BCUT2D eigenvalue weighted by molar-refractivity contribution is 0.00338. The number of likely N-dealkylation sites (N-methyl/N-ethyl adjacent to an activating group) is 1. The Balaban J connectivity index is 2.49. The number of hydrogen-bond donors (Lipinski definition) is 1. The minimum absolute atomic E-state index is 0.0267. The van der Waals surface area contributed by atoms with Crippen molar-refractivity contribution in [1.82, 2.24) is 4.90 Å². The van der Waals surface area contributed by atoms with Crippen LogP contribution in [0.4, 0.5) is 0 Å². The molecule has 1 aliphatic rings. The number of hydrogen-bond acceptors (Lipinski definition) is 3. The highest BCUT2D eigenvalue weighted by atomic mass is 35.5. The van der Waals surface area contributed by atoms with Gasteiger partial charge in [0, 0.05) is 10.6 Å². The topological polar surface area (TPSA) is 32.7 Å². The second kappa shape index (κ2) is 5.47. The van der Waals surface area contributed by atoms with Crippen molar-refractivity contribution in [3.8, 4) is 5.75 Å². The highest BCUT2D eigenvalue weighted by Crippen LogP contribution is 2.39. The fourth-order valence-electron chi connectivity index (χ4n) is 2.70. The molecule has 1 aromatic rings. The van der Waals surface area contributed by atoms with Gasteiger partial charge in [0.1, 0.15) is 18.5 Å². The number of aryl methyl sites for hydroxylation is 1. The molecule has 3 nitrogen and oxygen atoms in total. The van der Waals surface area contributed by atoms with Gasteiger partial charge < -0.3 is 9.84 Å². The summed E-state index contributed by atoms with van der Waals surface area (Å²) in [5, 5.41) is 10.9. The fraction of sp³-hybridized carbons (Fsp3) is 0.571. The molecule has 0 saturated carbocycles. The number of ether oxygens (including phenoxy) is 1. The molecule has 0 fully saturated rings. The largest absolute Gasteiger partial charge is 0.490 e. The van der Waals surface area contributed by atoms with Gasteiger partial charge in [-0.05, 0) is 37.7 Å². The number of nitrogens with zero attached hydrogens (tertiary/aromatic N) is 1. The van der Waals surface area contributed by atoms with Crippen molar-refractivity contribution in [1.29, 1.82) is 0 Å². The van der Waals surface area contributed by atoms with Crippen LogP contribution in [0.25, 0.3) is 0 Å². The minimum atomic E-state index is -0.504. The Morgan fingerprint density at radius 3 is 2.67 bits per heavy atom. The third-order valence-corrected chi connectivity index (χ3v) is 3.77. The quantitative estimate of drug-likeness (QED) is 0.916. The summed E-state index contributed by atoms with van der Waals surface area (Å²) in [7, 11) is 0. The van der Waals surface area contributed by atoms with Crippen LogP contribution in [0.1, 0.15) is 31.0 Å². The first-order chi connectivity index (χ1) is 8.58. The Kier molecular flexibility index (Phi) is 4.15. The molecule has 18 heavy (non-hydrogen) atoms. The Morgan fingerprint density at radius 1 is 1.39 bits per heavy atom. The minimum Gasteiger partial charge on any atom is -0.490 e. The zero-order valence-electron chi connectivity index (χ0n) is 11.1. The molecule has 100 valence electrons. The van der Waals surface area contributed by atoms with Gasteiger partial charge in [-0.1, -0.05) is 25.4 Å². The molecule has 2 atom stereocenters. The van der Waals surface area contributed by atoms with Gasteiger partial charge in [0.15, 0.2) is 0 Å². The number of halogens is 1. The van der Waals surface area contributed by atoms with Crippen molar-refractivity contribution in [2.45, 2.75) is 32.9 Å². The van der Waals surface area contributed by atoms with Gasteiger partial charge >= 0.3 is 0 Å². The SMILES string of the molecule is CCN(CC)C1c2cc(Cl)cc(C)c2OCC1O. The molecule has 0 radical (unpaired) electrons. The molecule has 1 aromatic carbocycles. The van der Waals surface area contributed by atoms with Crippen molar-refractivity contribution in [3.05, 3.63) is 28.3 Å². The average Bonchev–Trinajstić information content (AvgIpc) is 2.33. The zero-order valence-corrected chi connectivity index (χ0v) is 11.9. The van der Waals surface area contributed by atoms with Crippen LogP contribution in [0.3, 0.4) is 0 Å². The summed E-state index contributed by atoms with van der Waals surface area (Å²) in [6, 6.07) is 3.79. The van der Waals surface area contributed by atoms with Crippen LogP contribution >= 0.6 is 11.6 Å². The van der Waals surface area contributed by atoms with Crippen molar-refractivity contribution in [2.75, 3.05) is 19.7 Å². The van der Waals surface area contributed by atoms with Crippen molar-refractivity contribution >= 4 is 11.6 Å². The second-order valence-electron chi connectivity index (χ2n) is 4.69. The smallest absolute Gasteiger partial charge is 0.127 e. The van der Waals surface area contributed by atoms with E-state index in [0.717, 1.165) is 30.0 Å². The summed E-state index contributed by atoms with van der Waals surface area (Å²) in [5.41, 5.74) is 2.03. The Bertz CT molecular complexity index is 432. The van der Waals surface area contributed by atoms with Crippen LogP contribution in [-0.4, -0.2) is 35.8 Å². The van der Waals surface area contributed by atoms with E-state index in [4.69, 9.17) is 16.3 Å². The van der Waals surface area contributed by atoms with Gasteiger partial charge in [-0.15, -0.1) is 0 Å². The van der Waals surface area contributed by atoms with Gasteiger partial charge in [-0.2, -0.15) is 0 Å². The number of benzene rings is 1. The number of rotatable bonds is 3. The summed E-state index contributed by atoms with van der Waals surface area (Å²) >= 11 is 6.13. The van der Waals surface area contributed by atoms with Crippen LogP contribution in [0, 0.1) is 6.92 Å². The van der Waals surface area contributed by atoms with Crippen LogP contribution < -0.4 is 4.74 Å². The van der Waals surface area contributed by atoms with Gasteiger partial charge in [0.25, 0.3) is 0 Å². The van der Waals surface area contributed by atoms with E-state index in [1.165, 1.54) is 0 Å². The van der Waals surface area contributed by atoms with Crippen molar-refractivity contribution in [3.63, 3.8) is 0 Å². The van der Waals surface area contributed by atoms with E-state index in [9.17, 15) is 5.11 Å². The van der Waals surface area contributed by atoms with Gasteiger partial charge in [-0.3, -0.25) is 4.90 Å². The third-order valence-electron chi connectivity index (χ3n) is 3.56. The number of fused-ring (bicyclic) bond motifs is 1. The molecule has 0 aromatic heterocycles. The summed E-state index contributed by atoms with van der Waals surface area (Å²) in [6.07, 6.45) is -0.504. The zero-order chi connectivity index (χ0) is 13.3. The number of aliphatic hydroxyl groups is 1. The van der Waals surface area contributed by atoms with Crippen LogP contribution in [0.5, 0.6) is 5.75 Å². The summed E-state index contributed by atoms with van der Waals surface area (Å²) in [5.74, 6) is 0.876. The molecule has 1 heterocycles. The van der Waals surface area contributed by atoms with E-state index >= 15 is 0 Å². The maximum absolute atomic E-state index is 10.2. The molecule has 2 rings (SSSR count). The van der Waals surface area contributed by atoms with E-state index in [0.29, 0.717) is 11.6 Å². The van der Waals surface area contributed by atoms with E-state index in [2.05, 4.69) is 18.7 Å². The first kappa shape index (κ1) is 13.7. The molecule has 2 unspecified atom stereocenters. The molecule has 0 bridgehead atoms. The van der Waals surface area contributed by atoms with Gasteiger partial charge in [0.05, 0.1) is 6.04 Å². The maximum atomic E-state index is 10.2. The summed E-state index contributed by atoms with van der Waals surface area (Å²) < 4.78 is 5.66. The van der Waals surface area contributed by atoms with E-state index in [1.54, 1.807) is 0 Å². The summed E-state index contributed by atoms with van der Waals surface area (Å²) in [6.45, 7) is 8.32. The Morgan fingerprint density at radius 2 is 2.06 bits per heavy atom. The Hall–Kier alpha value is -0.770. The van der Waals surface area contributed by atoms with Gasteiger partial charge in [-0.25, -0.2) is 0 Å². The van der Waals surface area contributed by atoms with E-state index < -0.39 is 6.10 Å². The lowest BCUT2D eigenvalue weighted by Gasteiger charge is -2.38. The predicted octanol–water partition coefficient (Wildman–Crippen LogP) is 2.78. The van der Waals surface area contributed by atoms with E-state index in [1.807, 2.05) is 19.1 Å². The summed E-state index contributed by atoms with van der Waals surface area (Å²) in [4.78, 5) is 2.24. The maximum Gasteiger partial charge on any atom is 0.127 e. The predicted molar refractivity (Wildman–Crippen MR) is 73.4 cm³/mol. The molecule has 4 heteroatoms. The lowest BCUT2D eigenvalue weighted by Crippen LogP contribution is -2.42. The number of aliphatic hydroxyl groups excluding tert-OH is 1. The molecular weight excluding hydrogens is 250 g/mol. The first-order valence-corrected chi connectivity index (χ1v) is 6.81. The normalized spacial score (nSPS) is 22.8. The van der Waals surface area contributed by atoms with Crippen LogP contribution in [0.15, 0.2) is 12.1 Å². The molecular formula is C14H20ClNO2. The third kappa shape index (κ3) is 2.35. The van der Waals surface area contributed by atoms with Crippen LogP contribution in [-0.2, 0) is 0 Å². The molecule has 1 aliphatic heterocycles. The molecule has 1 N–H and O–H groups in total. The molecule has 0 amide bonds. The van der Waals surface area contributed by atoms with Crippen molar-refractivity contribution < 1.29 is 9.84 Å². The molecule has 0 spiro atoms. The Labute approximate surface area is 113 Å². The van der Waals surface area contributed by atoms with Crippen LogP contribution in [0.2, 0.25) is 5.02 Å². The van der Waals surface area contributed by atoms with Gasteiger partial charge in [0.2, 0.25) is 0 Å². The fourth-order valence-corrected chi connectivity index (χ4v) is 2.98.